The van der Waals surface area contributed by atoms with E-state index in [1.165, 1.54) is 12.6 Å². The molecule has 2 aromatic rings. The molecule has 2 N–H and O–H groups in total. The molecule has 2 aliphatic heterocycles. The van der Waals surface area contributed by atoms with Crippen molar-refractivity contribution in [3.8, 4) is 0 Å². The van der Waals surface area contributed by atoms with E-state index in [1.807, 2.05) is 28.1 Å². The van der Waals surface area contributed by atoms with Gasteiger partial charge in [0.2, 0.25) is 0 Å². The second kappa shape index (κ2) is 10.1. The molecule has 7 nitrogen and oxygen atoms in total. The Hall–Kier alpha value is -2.67. The van der Waals surface area contributed by atoms with Crippen molar-refractivity contribution in [3.05, 3.63) is 41.3 Å². The fourth-order valence-electron chi connectivity index (χ4n) is 4.30. The zero-order valence-electron chi connectivity index (χ0n) is 17.7. The third-order valence-corrected chi connectivity index (χ3v) is 6.38. The first kappa shape index (κ1) is 21.6. The number of piperidine rings is 2. The van der Waals surface area contributed by atoms with Crippen LogP contribution in [-0.2, 0) is 0 Å². The van der Waals surface area contributed by atoms with E-state index in [-0.39, 0.29) is 6.03 Å². The summed E-state index contributed by atoms with van der Waals surface area (Å²) in [5.41, 5.74) is 3.06. The van der Waals surface area contributed by atoms with Crippen LogP contribution in [-0.4, -0.2) is 64.7 Å². The number of pyridine rings is 2. The monoisotopic (exact) mass is 440 g/mol. The molecule has 0 saturated carbocycles. The Bertz CT molecular complexity index is 964. The highest BCUT2D eigenvalue weighted by molar-refractivity contribution is 6.29. The van der Waals surface area contributed by atoms with Crippen molar-refractivity contribution in [2.75, 3.05) is 32.7 Å². The number of hydrogen-bond acceptors (Lipinski definition) is 5. The highest BCUT2D eigenvalue weighted by Gasteiger charge is 2.26. The van der Waals surface area contributed by atoms with Crippen LogP contribution in [0.2, 0.25) is 5.15 Å². The molecule has 2 fully saturated rings. The molecule has 0 aromatic carbocycles. The van der Waals surface area contributed by atoms with Gasteiger partial charge in [0.15, 0.2) is 0 Å². The van der Waals surface area contributed by atoms with Crippen LogP contribution in [0.5, 0.6) is 0 Å². The molecule has 2 aromatic heterocycles. The number of amides is 2. The van der Waals surface area contributed by atoms with Crippen molar-refractivity contribution in [3.63, 3.8) is 0 Å². The van der Waals surface area contributed by atoms with E-state index in [0.717, 1.165) is 75.1 Å². The Balaban J connectivity index is 1.30. The van der Waals surface area contributed by atoms with Crippen LogP contribution in [0.15, 0.2) is 30.6 Å². The maximum Gasteiger partial charge on any atom is 0.319 e. The number of nitrogens with one attached hydrogen (secondary N) is 2. The predicted octanol–water partition coefficient (Wildman–Crippen LogP) is 4.18. The molecule has 0 spiro atoms. The van der Waals surface area contributed by atoms with Crippen molar-refractivity contribution < 1.29 is 4.79 Å². The number of hydrogen-bond donors (Lipinski definition) is 2. The van der Waals surface area contributed by atoms with Crippen molar-refractivity contribution in [2.45, 2.75) is 32.1 Å². The van der Waals surface area contributed by atoms with Crippen LogP contribution in [0.4, 0.5) is 4.79 Å². The Morgan fingerprint density at radius 3 is 2.61 bits per heavy atom. The molecular formula is C23H29ClN6O. The number of likely N-dealkylation sites (tertiary alicyclic amines) is 2. The molecule has 0 atom stereocenters. The van der Waals surface area contributed by atoms with Crippen molar-refractivity contribution in [2.24, 2.45) is 5.92 Å². The first-order chi connectivity index (χ1) is 15.1. The summed E-state index contributed by atoms with van der Waals surface area (Å²) in [4.78, 5) is 25.4. The summed E-state index contributed by atoms with van der Waals surface area (Å²) in [6.45, 7) is 4.29. The van der Waals surface area contributed by atoms with Crippen molar-refractivity contribution in [1.29, 1.82) is 5.41 Å². The second-order valence-corrected chi connectivity index (χ2v) is 8.70. The van der Waals surface area contributed by atoms with Gasteiger partial charge in [0.25, 0.3) is 0 Å². The molecule has 4 rings (SSSR count). The minimum absolute atomic E-state index is 0.217. The number of carbonyl (C=O) groups is 1. The average Bonchev–Trinajstić information content (AvgIpc) is 2.82. The summed E-state index contributed by atoms with van der Waals surface area (Å²) in [6, 6.07) is 5.67. The lowest BCUT2D eigenvalue weighted by molar-refractivity contribution is 0.125. The van der Waals surface area contributed by atoms with E-state index in [9.17, 15) is 4.79 Å². The normalized spacial score (nSPS) is 18.3. The quantitative estimate of drug-likeness (QED) is 0.539. The highest BCUT2D eigenvalue weighted by Crippen LogP contribution is 2.21. The lowest BCUT2D eigenvalue weighted by Gasteiger charge is -2.37. The number of carbonyl (C=O) groups excluding carboxylic acids is 1. The van der Waals surface area contributed by atoms with E-state index in [4.69, 9.17) is 17.0 Å². The van der Waals surface area contributed by atoms with Crippen LogP contribution in [0.1, 0.15) is 37.7 Å². The highest BCUT2D eigenvalue weighted by atomic mass is 35.5. The molecule has 4 heterocycles. The number of rotatable bonds is 5. The number of fused-ring (bicyclic) bond motifs is 1. The zero-order valence-corrected chi connectivity index (χ0v) is 18.4. The summed E-state index contributed by atoms with van der Waals surface area (Å²) in [7, 11) is 0. The van der Waals surface area contributed by atoms with E-state index in [1.54, 1.807) is 12.3 Å². The number of nitrogens with zero attached hydrogens (tertiary/aromatic N) is 4. The van der Waals surface area contributed by atoms with Gasteiger partial charge in [0, 0.05) is 62.5 Å². The van der Waals surface area contributed by atoms with Gasteiger partial charge in [-0.25, -0.2) is 9.78 Å². The van der Waals surface area contributed by atoms with Gasteiger partial charge in [-0.15, -0.1) is 0 Å². The summed E-state index contributed by atoms with van der Waals surface area (Å²) in [6.07, 6.45) is 10.4. The Labute approximate surface area is 188 Å². The molecule has 0 unspecified atom stereocenters. The van der Waals surface area contributed by atoms with E-state index >= 15 is 0 Å². The Morgan fingerprint density at radius 1 is 1.13 bits per heavy atom. The van der Waals surface area contributed by atoms with E-state index in [0.29, 0.717) is 16.6 Å². The predicted molar refractivity (Wildman–Crippen MR) is 124 cm³/mol. The number of urea groups is 1. The standard InChI is InChI=1S/C23H29ClN6O/c24-22-5-4-20-21(28-22)12-18(16-27-20)19(13-25)15-26-14-17-6-10-30(11-7-17)23(31)29-8-2-1-3-9-29/h4-5,12-13,15-17,25-26H,1-3,6-11,14H2/b19-15+,25-13?. The van der Waals surface area contributed by atoms with E-state index < -0.39 is 0 Å². The number of aromatic nitrogens is 2. The third-order valence-electron chi connectivity index (χ3n) is 6.17. The molecule has 8 heteroatoms. The van der Waals surface area contributed by atoms with Gasteiger partial charge in [-0.1, -0.05) is 11.6 Å². The van der Waals surface area contributed by atoms with Gasteiger partial charge in [0.05, 0.1) is 11.0 Å². The topological polar surface area (TPSA) is 85.2 Å². The third kappa shape index (κ3) is 5.34. The molecule has 2 saturated heterocycles. The van der Waals surface area contributed by atoms with Gasteiger partial charge in [-0.3, -0.25) is 4.98 Å². The molecule has 2 aliphatic rings. The molecule has 164 valence electrons. The molecule has 0 bridgehead atoms. The van der Waals surface area contributed by atoms with Gasteiger partial charge in [0.1, 0.15) is 5.15 Å². The second-order valence-electron chi connectivity index (χ2n) is 8.31. The molecule has 31 heavy (non-hydrogen) atoms. The average molecular weight is 441 g/mol. The maximum absolute atomic E-state index is 12.7. The molecular weight excluding hydrogens is 412 g/mol. The first-order valence-electron chi connectivity index (χ1n) is 11.0. The smallest absolute Gasteiger partial charge is 0.319 e. The number of allylic oxidation sites excluding steroid dienone is 1. The van der Waals surface area contributed by atoms with Crippen LogP contribution >= 0.6 is 11.6 Å². The largest absolute Gasteiger partial charge is 0.390 e. The SMILES string of the molecule is N=C/C(=C\NCC1CCN(C(=O)N2CCCCC2)CC1)c1cnc2ccc(Cl)nc2c1. The fraction of sp³-hybridized carbons (Fsp3) is 0.478. The Kier molecular flexibility index (Phi) is 7.02. The van der Waals surface area contributed by atoms with Crippen LogP contribution < -0.4 is 5.32 Å². The minimum Gasteiger partial charge on any atom is -0.390 e. The van der Waals surface area contributed by atoms with Gasteiger partial charge < -0.3 is 20.5 Å². The van der Waals surface area contributed by atoms with Crippen LogP contribution in [0, 0.1) is 11.3 Å². The first-order valence-corrected chi connectivity index (χ1v) is 11.4. The molecule has 2 amide bonds. The summed E-state index contributed by atoms with van der Waals surface area (Å²) in [5, 5.41) is 11.6. The lowest BCUT2D eigenvalue weighted by Crippen LogP contribution is -2.48. The van der Waals surface area contributed by atoms with E-state index in [2.05, 4.69) is 15.3 Å². The molecule has 0 aliphatic carbocycles. The molecule has 0 radical (unpaired) electrons. The summed E-state index contributed by atoms with van der Waals surface area (Å²) < 4.78 is 0. The Morgan fingerprint density at radius 2 is 1.87 bits per heavy atom. The summed E-state index contributed by atoms with van der Waals surface area (Å²) in [5.74, 6) is 0.517. The summed E-state index contributed by atoms with van der Waals surface area (Å²) >= 11 is 5.99. The van der Waals surface area contributed by atoms with Gasteiger partial charge in [-0.2, -0.15) is 0 Å². The fourth-order valence-corrected chi connectivity index (χ4v) is 4.45. The van der Waals surface area contributed by atoms with Crippen molar-refractivity contribution >= 4 is 40.5 Å². The lowest BCUT2D eigenvalue weighted by atomic mass is 9.97. The number of halogens is 1. The van der Waals surface area contributed by atoms with Gasteiger partial charge in [-0.05, 0) is 56.2 Å². The van der Waals surface area contributed by atoms with Gasteiger partial charge >= 0.3 is 6.03 Å². The van der Waals surface area contributed by atoms with Crippen molar-refractivity contribution in [1.82, 2.24) is 25.1 Å². The van der Waals surface area contributed by atoms with Crippen LogP contribution in [0.25, 0.3) is 16.6 Å². The van der Waals surface area contributed by atoms with Crippen LogP contribution in [0.3, 0.4) is 0 Å². The minimum atomic E-state index is 0.217. The maximum atomic E-state index is 12.7. The zero-order chi connectivity index (χ0) is 21.6.